The van der Waals surface area contributed by atoms with Crippen molar-refractivity contribution in [3.05, 3.63) is 0 Å². The fourth-order valence-electron chi connectivity index (χ4n) is 1.56. The van der Waals surface area contributed by atoms with E-state index >= 15 is 0 Å². The van der Waals surface area contributed by atoms with Crippen LogP contribution in [-0.4, -0.2) is 17.8 Å². The predicted molar refractivity (Wildman–Crippen MR) is 36.9 cm³/mol. The van der Waals surface area contributed by atoms with E-state index in [1.54, 1.807) is 0 Å². The molecule has 0 aromatic rings. The molecule has 2 nitrogen and oxygen atoms in total. The summed E-state index contributed by atoms with van der Waals surface area (Å²) in [4.78, 5) is 0. The maximum atomic E-state index is 9.24. The zero-order valence-electron chi connectivity index (χ0n) is 5.88. The van der Waals surface area contributed by atoms with Crippen molar-refractivity contribution in [1.29, 1.82) is 0 Å². The molecule has 2 heteroatoms. The first kappa shape index (κ1) is 7.03. The van der Waals surface area contributed by atoms with E-state index in [1.807, 2.05) is 0 Å². The van der Waals surface area contributed by atoms with Gasteiger partial charge < -0.3 is 10.8 Å². The second kappa shape index (κ2) is 2.67. The largest absolute Gasteiger partial charge is 0.393 e. The monoisotopic (exact) mass is 129 g/mol. The number of aliphatic hydroxyl groups is 1. The summed E-state index contributed by atoms with van der Waals surface area (Å²) in [6.45, 7) is 2.81. The Morgan fingerprint density at radius 2 is 2.22 bits per heavy atom. The molecule has 0 unspecified atom stereocenters. The summed E-state index contributed by atoms with van der Waals surface area (Å²) < 4.78 is 0. The third-order valence-corrected chi connectivity index (χ3v) is 2.49. The van der Waals surface area contributed by atoms with E-state index in [0.717, 1.165) is 19.4 Å². The van der Waals surface area contributed by atoms with Crippen LogP contribution in [0.1, 0.15) is 19.8 Å². The smallest absolute Gasteiger partial charge is 0.0569 e. The number of nitrogens with two attached hydrogens (primary N) is 1. The van der Waals surface area contributed by atoms with Crippen LogP contribution in [0.15, 0.2) is 0 Å². The van der Waals surface area contributed by atoms with Gasteiger partial charge in [0.25, 0.3) is 0 Å². The van der Waals surface area contributed by atoms with Gasteiger partial charge in [0.05, 0.1) is 6.10 Å². The van der Waals surface area contributed by atoms with Crippen molar-refractivity contribution in [2.75, 3.05) is 6.54 Å². The third kappa shape index (κ3) is 1.25. The molecular formula is C7H15NO. The second-order valence-electron chi connectivity index (χ2n) is 3.00. The summed E-state index contributed by atoms with van der Waals surface area (Å²) in [5, 5.41) is 9.24. The fraction of sp³-hybridized carbons (Fsp3) is 1.00. The van der Waals surface area contributed by atoms with E-state index < -0.39 is 0 Å². The molecule has 1 saturated carbocycles. The van der Waals surface area contributed by atoms with Gasteiger partial charge in [-0.25, -0.2) is 0 Å². The van der Waals surface area contributed by atoms with Crippen molar-refractivity contribution in [2.24, 2.45) is 17.6 Å². The zero-order valence-corrected chi connectivity index (χ0v) is 5.88. The maximum Gasteiger partial charge on any atom is 0.0569 e. The first-order chi connectivity index (χ1) is 4.25. The lowest BCUT2D eigenvalue weighted by atomic mass is 9.97. The summed E-state index contributed by atoms with van der Waals surface area (Å²) >= 11 is 0. The number of hydrogen-bond donors (Lipinski definition) is 2. The minimum Gasteiger partial charge on any atom is -0.393 e. The van der Waals surface area contributed by atoms with Crippen molar-refractivity contribution in [1.82, 2.24) is 0 Å². The van der Waals surface area contributed by atoms with Gasteiger partial charge in [0.1, 0.15) is 0 Å². The molecule has 1 aliphatic rings. The average molecular weight is 129 g/mol. The van der Waals surface area contributed by atoms with Crippen LogP contribution >= 0.6 is 0 Å². The highest BCUT2D eigenvalue weighted by atomic mass is 16.3. The molecule has 0 amide bonds. The lowest BCUT2D eigenvalue weighted by Gasteiger charge is -2.14. The van der Waals surface area contributed by atoms with Gasteiger partial charge in [-0.05, 0) is 31.2 Å². The highest BCUT2D eigenvalue weighted by molar-refractivity contribution is 4.81. The van der Waals surface area contributed by atoms with Crippen molar-refractivity contribution in [2.45, 2.75) is 25.9 Å². The molecular weight excluding hydrogens is 114 g/mol. The van der Waals surface area contributed by atoms with Crippen molar-refractivity contribution in [3.63, 3.8) is 0 Å². The maximum absolute atomic E-state index is 9.24. The fourth-order valence-corrected chi connectivity index (χ4v) is 1.56. The Labute approximate surface area is 56.1 Å². The Morgan fingerprint density at radius 1 is 1.56 bits per heavy atom. The van der Waals surface area contributed by atoms with Gasteiger partial charge in [-0.2, -0.15) is 0 Å². The molecule has 0 saturated heterocycles. The van der Waals surface area contributed by atoms with Gasteiger partial charge in [-0.15, -0.1) is 0 Å². The van der Waals surface area contributed by atoms with E-state index in [9.17, 15) is 5.11 Å². The van der Waals surface area contributed by atoms with Gasteiger partial charge in [0.2, 0.25) is 0 Å². The van der Waals surface area contributed by atoms with E-state index in [1.165, 1.54) is 0 Å². The molecule has 0 aromatic heterocycles. The average Bonchev–Trinajstić information content (AvgIpc) is 2.15. The Bertz CT molecular complexity index is 94.9. The molecule has 0 spiro atoms. The first-order valence-corrected chi connectivity index (χ1v) is 3.64. The zero-order chi connectivity index (χ0) is 6.85. The van der Waals surface area contributed by atoms with E-state index in [0.29, 0.717) is 11.8 Å². The summed E-state index contributed by atoms with van der Waals surface area (Å²) in [5.41, 5.74) is 5.48. The summed E-state index contributed by atoms with van der Waals surface area (Å²) in [7, 11) is 0. The first-order valence-electron chi connectivity index (χ1n) is 3.64. The summed E-state index contributed by atoms with van der Waals surface area (Å²) in [6.07, 6.45) is 1.97. The Hall–Kier alpha value is -0.0800. The van der Waals surface area contributed by atoms with Crippen LogP contribution in [0.4, 0.5) is 0 Å². The molecule has 0 aliphatic heterocycles. The standard InChI is InChI=1S/C7H15NO/c1-5-6(4-8)2-3-7(5)9/h5-7,9H,2-4,8H2,1H3/t5-,6+,7+/m0/s1. The second-order valence-corrected chi connectivity index (χ2v) is 3.00. The quantitative estimate of drug-likeness (QED) is 0.536. The lowest BCUT2D eigenvalue weighted by Crippen LogP contribution is -2.21. The van der Waals surface area contributed by atoms with Gasteiger partial charge in [0.15, 0.2) is 0 Å². The van der Waals surface area contributed by atoms with Crippen LogP contribution in [0.5, 0.6) is 0 Å². The summed E-state index contributed by atoms with van der Waals surface area (Å²) in [6, 6.07) is 0. The molecule has 54 valence electrons. The molecule has 0 aromatic carbocycles. The lowest BCUT2D eigenvalue weighted by molar-refractivity contribution is 0.128. The molecule has 1 rings (SSSR count). The van der Waals surface area contributed by atoms with Crippen LogP contribution < -0.4 is 5.73 Å². The third-order valence-electron chi connectivity index (χ3n) is 2.49. The summed E-state index contributed by atoms with van der Waals surface area (Å²) in [5.74, 6) is 0.995. The van der Waals surface area contributed by atoms with Gasteiger partial charge in [-0.3, -0.25) is 0 Å². The van der Waals surface area contributed by atoms with Crippen molar-refractivity contribution >= 4 is 0 Å². The molecule has 0 heterocycles. The van der Waals surface area contributed by atoms with Crippen molar-refractivity contribution < 1.29 is 5.11 Å². The van der Waals surface area contributed by atoms with Crippen LogP contribution in [0.3, 0.4) is 0 Å². The van der Waals surface area contributed by atoms with Crippen LogP contribution in [0.2, 0.25) is 0 Å². The van der Waals surface area contributed by atoms with Crippen molar-refractivity contribution in [3.8, 4) is 0 Å². The van der Waals surface area contributed by atoms with Crippen LogP contribution in [0.25, 0.3) is 0 Å². The number of hydrogen-bond acceptors (Lipinski definition) is 2. The Balaban J connectivity index is 2.41. The normalized spacial score (nSPS) is 43.7. The SMILES string of the molecule is C[C@H]1[C@@H](CN)CC[C@H]1O. The predicted octanol–water partition coefficient (Wildman–Crippen LogP) is 0.352. The number of aliphatic hydroxyl groups excluding tert-OH is 1. The molecule has 0 radical (unpaired) electrons. The molecule has 0 bridgehead atoms. The highest BCUT2D eigenvalue weighted by Crippen LogP contribution is 2.30. The van der Waals surface area contributed by atoms with Gasteiger partial charge >= 0.3 is 0 Å². The minimum absolute atomic E-state index is 0.0847. The van der Waals surface area contributed by atoms with E-state index in [2.05, 4.69) is 6.92 Å². The van der Waals surface area contributed by atoms with E-state index in [4.69, 9.17) is 5.73 Å². The van der Waals surface area contributed by atoms with Crippen LogP contribution in [-0.2, 0) is 0 Å². The minimum atomic E-state index is -0.0847. The Morgan fingerprint density at radius 3 is 2.44 bits per heavy atom. The molecule has 9 heavy (non-hydrogen) atoms. The topological polar surface area (TPSA) is 46.2 Å². The molecule has 1 fully saturated rings. The molecule has 3 atom stereocenters. The van der Waals surface area contributed by atoms with Crippen LogP contribution in [0, 0.1) is 11.8 Å². The Kier molecular flexibility index (Phi) is 2.09. The van der Waals surface area contributed by atoms with Gasteiger partial charge in [-0.1, -0.05) is 6.92 Å². The van der Waals surface area contributed by atoms with Gasteiger partial charge in [0, 0.05) is 0 Å². The van der Waals surface area contributed by atoms with E-state index in [-0.39, 0.29) is 6.10 Å². The molecule has 3 N–H and O–H groups in total. The highest BCUT2D eigenvalue weighted by Gasteiger charge is 2.29. The molecule has 1 aliphatic carbocycles. The number of rotatable bonds is 1.